The molecule has 106 valence electrons. The Balaban J connectivity index is 1.88. The molecule has 19 heavy (non-hydrogen) atoms. The molecule has 0 aliphatic carbocycles. The zero-order chi connectivity index (χ0) is 13.8. The van der Waals surface area contributed by atoms with Gasteiger partial charge in [0, 0.05) is 6.61 Å². The van der Waals surface area contributed by atoms with Gasteiger partial charge in [0.2, 0.25) is 0 Å². The Morgan fingerprint density at radius 3 is 2.74 bits per heavy atom. The minimum Gasteiger partial charge on any atom is -0.463 e. The van der Waals surface area contributed by atoms with E-state index in [1.165, 1.54) is 5.56 Å². The van der Waals surface area contributed by atoms with Crippen molar-refractivity contribution in [3.05, 3.63) is 35.9 Å². The van der Waals surface area contributed by atoms with Crippen LogP contribution in [0.4, 0.5) is 0 Å². The molecule has 1 aromatic carbocycles. The van der Waals surface area contributed by atoms with E-state index < -0.39 is 0 Å². The molecule has 0 heterocycles. The molecule has 0 aliphatic rings. The number of benzene rings is 1. The molecule has 0 amide bonds. The second-order valence-corrected chi connectivity index (χ2v) is 5.89. The maximum absolute atomic E-state index is 11.1. The molecule has 0 fully saturated rings. The molecule has 0 N–H and O–H groups in total. The Kier molecular flexibility index (Phi) is 9.30. The summed E-state index contributed by atoms with van der Waals surface area (Å²) >= 11 is 0. The number of esters is 1. The van der Waals surface area contributed by atoms with Crippen LogP contribution in [0.1, 0.15) is 25.3 Å². The van der Waals surface area contributed by atoms with E-state index in [4.69, 9.17) is 9.47 Å². The SMILES string of the molecule is CCOC(=O)C[PH2+]CCCCOCc1ccccc1. The lowest BCUT2D eigenvalue weighted by atomic mass is 10.2. The molecule has 1 rings (SSSR count). The largest absolute Gasteiger partial charge is 0.463 e. The first-order valence-corrected chi connectivity index (χ1v) is 8.55. The summed E-state index contributed by atoms with van der Waals surface area (Å²) in [6, 6.07) is 10.2. The number of carbonyl (C=O) groups excluding carboxylic acids is 1. The fraction of sp³-hybridized carbons (Fsp3) is 0.533. The van der Waals surface area contributed by atoms with Gasteiger partial charge >= 0.3 is 5.97 Å². The molecule has 4 heteroatoms. The molecule has 0 radical (unpaired) electrons. The summed E-state index contributed by atoms with van der Waals surface area (Å²) in [7, 11) is 0.203. The standard InChI is InChI=1S/C15H23O3P/c1-2-18-15(16)13-19-11-7-6-10-17-12-14-8-4-3-5-9-14/h3-5,8-9,19H,2,6-7,10-13H2,1H3/p+1. The van der Waals surface area contributed by atoms with E-state index in [2.05, 4.69) is 12.1 Å². The lowest BCUT2D eigenvalue weighted by Crippen LogP contribution is -2.06. The molecule has 1 atom stereocenters. The van der Waals surface area contributed by atoms with E-state index >= 15 is 0 Å². The Labute approximate surface area is 117 Å². The average Bonchev–Trinajstić information content (AvgIpc) is 2.43. The second-order valence-electron chi connectivity index (χ2n) is 4.33. The van der Waals surface area contributed by atoms with Crippen LogP contribution in [0.25, 0.3) is 0 Å². The number of hydrogen-bond acceptors (Lipinski definition) is 3. The highest BCUT2D eigenvalue weighted by molar-refractivity contribution is 7.39. The summed E-state index contributed by atoms with van der Waals surface area (Å²) < 4.78 is 10.5. The molecule has 3 nitrogen and oxygen atoms in total. The molecular formula is C15H24O3P+. The summed E-state index contributed by atoms with van der Waals surface area (Å²) in [6.45, 7) is 3.83. The van der Waals surface area contributed by atoms with Crippen LogP contribution in [0.3, 0.4) is 0 Å². The Bertz CT molecular complexity index is 341. The van der Waals surface area contributed by atoms with Crippen LogP contribution in [-0.4, -0.2) is 31.5 Å². The molecule has 0 bridgehead atoms. The van der Waals surface area contributed by atoms with Crippen LogP contribution in [-0.2, 0) is 20.9 Å². The van der Waals surface area contributed by atoms with Gasteiger partial charge < -0.3 is 9.47 Å². The van der Waals surface area contributed by atoms with Crippen molar-refractivity contribution in [1.82, 2.24) is 0 Å². The van der Waals surface area contributed by atoms with E-state index in [1.807, 2.05) is 25.1 Å². The van der Waals surface area contributed by atoms with Gasteiger partial charge in [0.25, 0.3) is 0 Å². The summed E-state index contributed by atoms with van der Waals surface area (Å²) in [5, 5.41) is 0. The van der Waals surface area contributed by atoms with Gasteiger partial charge in [-0.05, 0) is 33.9 Å². The number of carbonyl (C=O) groups is 1. The third-order valence-electron chi connectivity index (χ3n) is 2.67. The molecule has 0 saturated heterocycles. The van der Waals surface area contributed by atoms with Gasteiger partial charge in [-0.25, -0.2) is 4.79 Å². The highest BCUT2D eigenvalue weighted by atomic mass is 31.1. The minimum atomic E-state index is -0.0437. The van der Waals surface area contributed by atoms with Crippen LogP contribution < -0.4 is 0 Å². The highest BCUT2D eigenvalue weighted by Crippen LogP contribution is 2.13. The smallest absolute Gasteiger partial charge is 0.343 e. The third kappa shape index (κ3) is 8.74. The summed E-state index contributed by atoms with van der Waals surface area (Å²) in [4.78, 5) is 11.1. The van der Waals surface area contributed by atoms with Gasteiger partial charge in [0.05, 0.1) is 19.4 Å². The van der Waals surface area contributed by atoms with E-state index in [9.17, 15) is 4.79 Å². The van der Waals surface area contributed by atoms with Crippen LogP contribution >= 0.6 is 8.58 Å². The summed E-state index contributed by atoms with van der Waals surface area (Å²) in [6.07, 6.45) is 3.98. The van der Waals surface area contributed by atoms with Crippen molar-refractivity contribution in [2.75, 3.05) is 25.5 Å². The Hall–Kier alpha value is -0.920. The number of hydrogen-bond donors (Lipinski definition) is 0. The second kappa shape index (κ2) is 11.0. The van der Waals surface area contributed by atoms with Crippen molar-refractivity contribution in [1.29, 1.82) is 0 Å². The van der Waals surface area contributed by atoms with Crippen molar-refractivity contribution in [3.63, 3.8) is 0 Å². The van der Waals surface area contributed by atoms with Crippen LogP contribution in [0, 0.1) is 0 Å². The first-order chi connectivity index (χ1) is 9.33. The maximum atomic E-state index is 11.1. The lowest BCUT2D eigenvalue weighted by Gasteiger charge is -2.03. The van der Waals surface area contributed by atoms with Crippen LogP contribution in [0.2, 0.25) is 0 Å². The van der Waals surface area contributed by atoms with Crippen molar-refractivity contribution >= 4 is 14.6 Å². The quantitative estimate of drug-likeness (QED) is 0.376. The molecular weight excluding hydrogens is 259 g/mol. The first kappa shape index (κ1) is 16.1. The van der Waals surface area contributed by atoms with Gasteiger partial charge in [-0.15, -0.1) is 0 Å². The van der Waals surface area contributed by atoms with E-state index in [0.29, 0.717) is 19.4 Å². The van der Waals surface area contributed by atoms with Crippen molar-refractivity contribution in [2.45, 2.75) is 26.4 Å². The lowest BCUT2D eigenvalue weighted by molar-refractivity contribution is -0.139. The Morgan fingerprint density at radius 1 is 1.21 bits per heavy atom. The molecule has 0 aliphatic heterocycles. The molecule has 0 spiro atoms. The van der Waals surface area contributed by atoms with E-state index in [1.54, 1.807) is 0 Å². The first-order valence-electron chi connectivity index (χ1n) is 6.92. The predicted molar refractivity (Wildman–Crippen MR) is 81.4 cm³/mol. The summed E-state index contributed by atoms with van der Waals surface area (Å²) in [5.41, 5.74) is 1.22. The van der Waals surface area contributed by atoms with E-state index in [-0.39, 0.29) is 14.6 Å². The molecule has 0 aromatic heterocycles. The zero-order valence-electron chi connectivity index (χ0n) is 11.6. The molecule has 1 aromatic rings. The number of ether oxygens (including phenoxy) is 2. The average molecular weight is 283 g/mol. The molecule has 0 saturated carbocycles. The van der Waals surface area contributed by atoms with Crippen LogP contribution in [0.5, 0.6) is 0 Å². The fourth-order valence-electron chi connectivity index (χ4n) is 1.70. The topological polar surface area (TPSA) is 35.5 Å². The monoisotopic (exact) mass is 283 g/mol. The summed E-state index contributed by atoms with van der Waals surface area (Å²) in [5.74, 6) is -0.0437. The van der Waals surface area contributed by atoms with Crippen molar-refractivity contribution in [2.24, 2.45) is 0 Å². The number of rotatable bonds is 10. The highest BCUT2D eigenvalue weighted by Gasteiger charge is 2.05. The number of unbranched alkanes of at least 4 members (excludes halogenated alkanes) is 1. The van der Waals surface area contributed by atoms with Gasteiger partial charge in [-0.3, -0.25) is 0 Å². The van der Waals surface area contributed by atoms with E-state index in [0.717, 1.165) is 25.6 Å². The van der Waals surface area contributed by atoms with Crippen molar-refractivity contribution < 1.29 is 14.3 Å². The maximum Gasteiger partial charge on any atom is 0.343 e. The van der Waals surface area contributed by atoms with Crippen molar-refractivity contribution in [3.8, 4) is 0 Å². The van der Waals surface area contributed by atoms with Gasteiger partial charge in [0.15, 0.2) is 6.16 Å². The van der Waals surface area contributed by atoms with Crippen LogP contribution in [0.15, 0.2) is 30.3 Å². The normalized spacial score (nSPS) is 11.0. The predicted octanol–water partition coefficient (Wildman–Crippen LogP) is 2.96. The van der Waals surface area contributed by atoms with Gasteiger partial charge in [-0.1, -0.05) is 30.3 Å². The zero-order valence-corrected chi connectivity index (χ0v) is 12.8. The van der Waals surface area contributed by atoms with Gasteiger partial charge in [-0.2, -0.15) is 0 Å². The van der Waals surface area contributed by atoms with Gasteiger partial charge in [0.1, 0.15) is 0 Å². The Morgan fingerprint density at radius 2 is 2.00 bits per heavy atom. The minimum absolute atomic E-state index is 0.0437. The molecule has 1 unspecified atom stereocenters. The third-order valence-corrected chi connectivity index (χ3v) is 4.11. The fourth-order valence-corrected chi connectivity index (χ4v) is 2.83.